The molecule has 2 aromatic heterocycles. The van der Waals surface area contributed by atoms with Gasteiger partial charge in [0.05, 0.1) is 23.4 Å². The molecule has 1 atom stereocenters. The van der Waals surface area contributed by atoms with Crippen LogP contribution in [0.15, 0.2) is 54.7 Å². The van der Waals surface area contributed by atoms with Gasteiger partial charge in [-0.25, -0.2) is 9.37 Å². The van der Waals surface area contributed by atoms with E-state index in [0.29, 0.717) is 30.2 Å². The Bertz CT molecular complexity index is 1140. The van der Waals surface area contributed by atoms with E-state index in [1.54, 1.807) is 24.0 Å². The van der Waals surface area contributed by atoms with Crippen LogP contribution in [-0.2, 0) is 6.54 Å². The van der Waals surface area contributed by atoms with Gasteiger partial charge < -0.3 is 21.0 Å². The third-order valence-electron chi connectivity index (χ3n) is 5.11. The van der Waals surface area contributed by atoms with Crippen molar-refractivity contribution in [3.8, 4) is 11.4 Å². The van der Waals surface area contributed by atoms with Gasteiger partial charge in [0, 0.05) is 37.0 Å². The number of benzene rings is 1. The van der Waals surface area contributed by atoms with Gasteiger partial charge in [-0.2, -0.15) is 13.2 Å². The molecule has 0 amide bonds. The fourth-order valence-corrected chi connectivity index (χ4v) is 3.61. The lowest BCUT2D eigenvalue weighted by Gasteiger charge is -2.14. The van der Waals surface area contributed by atoms with Crippen LogP contribution in [0.25, 0.3) is 17.1 Å². The van der Waals surface area contributed by atoms with E-state index < -0.39 is 17.6 Å². The van der Waals surface area contributed by atoms with Crippen LogP contribution in [0.2, 0.25) is 0 Å². The molecule has 0 saturated heterocycles. The molecule has 7 nitrogen and oxygen atoms in total. The number of para-hydroxylation sites is 1. The van der Waals surface area contributed by atoms with Crippen LogP contribution >= 0.6 is 0 Å². The minimum atomic E-state index is -4.73. The Kier molecular flexibility index (Phi) is 5.27. The second-order valence-electron chi connectivity index (χ2n) is 7.10. The molecule has 0 saturated carbocycles. The van der Waals surface area contributed by atoms with Gasteiger partial charge in [0.2, 0.25) is 0 Å². The molecule has 0 bridgehead atoms. The van der Waals surface area contributed by atoms with Crippen molar-refractivity contribution < 1.29 is 17.6 Å². The first kappa shape index (κ1) is 20.7. The topological polar surface area (TPSA) is 107 Å². The second-order valence-corrected chi connectivity index (χ2v) is 7.10. The molecule has 31 heavy (non-hydrogen) atoms. The number of alkyl halides is 3. The number of hydrazine groups is 1. The molecule has 3 heterocycles. The van der Waals surface area contributed by atoms with E-state index >= 15 is 0 Å². The zero-order chi connectivity index (χ0) is 22.2. The molecule has 3 aromatic rings. The predicted molar refractivity (Wildman–Crippen MR) is 108 cm³/mol. The summed E-state index contributed by atoms with van der Waals surface area (Å²) in [6.07, 6.45) is -0.0478. The van der Waals surface area contributed by atoms with Crippen molar-refractivity contribution in [2.45, 2.75) is 18.6 Å². The van der Waals surface area contributed by atoms with E-state index in [-0.39, 0.29) is 17.3 Å². The van der Waals surface area contributed by atoms with Crippen molar-refractivity contribution >= 4 is 11.4 Å². The summed E-state index contributed by atoms with van der Waals surface area (Å²) < 4.78 is 54.9. The van der Waals surface area contributed by atoms with E-state index in [2.05, 4.69) is 15.3 Å². The van der Waals surface area contributed by atoms with Gasteiger partial charge in [-0.15, -0.1) is 0 Å². The maximum absolute atomic E-state index is 13.9. The van der Waals surface area contributed by atoms with Crippen LogP contribution in [0.5, 0.6) is 0 Å². The van der Waals surface area contributed by atoms with Crippen LogP contribution in [0, 0.1) is 5.82 Å². The summed E-state index contributed by atoms with van der Waals surface area (Å²) in [5.74, 6) is 4.77. The molecular formula is C20H19F4N7. The van der Waals surface area contributed by atoms with E-state index in [4.69, 9.17) is 11.6 Å². The average Bonchev–Trinajstić information content (AvgIpc) is 3.36. The van der Waals surface area contributed by atoms with Crippen molar-refractivity contribution in [1.82, 2.24) is 20.0 Å². The summed E-state index contributed by atoms with van der Waals surface area (Å²) in [4.78, 5) is 8.49. The second kappa shape index (κ2) is 7.91. The number of aromatic nitrogens is 3. The quantitative estimate of drug-likeness (QED) is 0.280. The molecule has 1 unspecified atom stereocenters. The zero-order valence-electron chi connectivity index (χ0n) is 16.1. The van der Waals surface area contributed by atoms with Crippen molar-refractivity contribution in [2.75, 3.05) is 11.9 Å². The minimum Gasteiger partial charge on any atom is -0.397 e. The van der Waals surface area contributed by atoms with Gasteiger partial charge in [-0.3, -0.25) is 10.8 Å². The maximum Gasteiger partial charge on any atom is 0.434 e. The monoisotopic (exact) mass is 433 g/mol. The molecule has 0 spiro atoms. The predicted octanol–water partition coefficient (Wildman–Crippen LogP) is 2.95. The molecule has 162 valence electrons. The van der Waals surface area contributed by atoms with Gasteiger partial charge in [0.1, 0.15) is 11.5 Å². The Morgan fingerprint density at radius 3 is 2.77 bits per heavy atom. The molecule has 1 aliphatic rings. The highest BCUT2D eigenvalue weighted by atomic mass is 19.4. The largest absolute Gasteiger partial charge is 0.434 e. The number of pyridine rings is 1. The molecule has 11 heteroatoms. The fraction of sp³-hybridized carbons (Fsp3) is 0.200. The number of fused-ring (bicyclic) bond motifs is 1. The fourth-order valence-electron chi connectivity index (χ4n) is 3.61. The minimum absolute atomic E-state index is 0.0515. The molecule has 0 aliphatic carbocycles. The number of rotatable bonds is 5. The number of hydrogen-bond acceptors (Lipinski definition) is 6. The third kappa shape index (κ3) is 4.04. The first-order valence-corrected chi connectivity index (χ1v) is 9.32. The van der Waals surface area contributed by atoms with Crippen LogP contribution in [0.4, 0.5) is 23.2 Å². The number of nitrogens with zero attached hydrogens (tertiary/aromatic N) is 3. The van der Waals surface area contributed by atoms with Crippen LogP contribution in [0.1, 0.15) is 17.0 Å². The Labute approximate surface area is 174 Å². The molecule has 6 N–H and O–H groups in total. The van der Waals surface area contributed by atoms with Crippen LogP contribution in [0.3, 0.4) is 0 Å². The van der Waals surface area contributed by atoms with Gasteiger partial charge in [0.25, 0.3) is 0 Å². The summed E-state index contributed by atoms with van der Waals surface area (Å²) in [6, 6.07) is 7.73. The Morgan fingerprint density at radius 1 is 1.23 bits per heavy atom. The smallest absolute Gasteiger partial charge is 0.397 e. The number of halogens is 4. The third-order valence-corrected chi connectivity index (χ3v) is 5.11. The van der Waals surface area contributed by atoms with Gasteiger partial charge in [-0.1, -0.05) is 12.1 Å². The number of nitrogens with two attached hydrogens (primary N) is 2. The highest BCUT2D eigenvalue weighted by molar-refractivity contribution is 5.69. The van der Waals surface area contributed by atoms with Gasteiger partial charge >= 0.3 is 6.18 Å². The average molecular weight is 433 g/mol. The lowest BCUT2D eigenvalue weighted by Crippen LogP contribution is -2.34. The van der Waals surface area contributed by atoms with E-state index in [0.717, 1.165) is 5.56 Å². The number of allylic oxidation sites excluding steroid dienone is 1. The standard InChI is InChI=1S/C20H19F4N7/c21-14-3-1-2-13-12(7-28-18(13)14)8-31-9-16(29-10-31)15-6-11(4-5-27-15)17(25)19(30-26)20(22,23)24/h1-6,9-10,12,28,30H,7-8,25-26H2/b19-17-. The molecule has 1 aliphatic heterocycles. The van der Waals surface area contributed by atoms with Crippen molar-refractivity contribution in [3.05, 3.63) is 71.7 Å². The summed E-state index contributed by atoms with van der Waals surface area (Å²) in [6.45, 7) is 1.14. The van der Waals surface area contributed by atoms with E-state index in [1.165, 1.54) is 24.4 Å². The van der Waals surface area contributed by atoms with Gasteiger partial charge in [-0.05, 0) is 23.8 Å². The summed E-state index contributed by atoms with van der Waals surface area (Å²) in [7, 11) is 0. The summed E-state index contributed by atoms with van der Waals surface area (Å²) in [5, 5.41) is 3.08. The Hall–Kier alpha value is -3.60. The SMILES string of the molecule is NN/C(=C(\N)c1ccnc(-c2cn(CC3CNc4c(F)cccc43)cn2)c1)C(F)(F)F. The summed E-state index contributed by atoms with van der Waals surface area (Å²) in [5.41, 5.74) is 7.84. The van der Waals surface area contributed by atoms with Crippen LogP contribution < -0.4 is 22.3 Å². The van der Waals surface area contributed by atoms with Gasteiger partial charge in [0.15, 0.2) is 5.70 Å². The summed E-state index contributed by atoms with van der Waals surface area (Å²) >= 11 is 0. The molecule has 4 rings (SSSR count). The molecule has 1 aromatic carbocycles. The highest BCUT2D eigenvalue weighted by Gasteiger charge is 2.36. The lowest BCUT2D eigenvalue weighted by atomic mass is 10.0. The van der Waals surface area contributed by atoms with Crippen molar-refractivity contribution in [2.24, 2.45) is 11.6 Å². The molecule has 0 fully saturated rings. The Morgan fingerprint density at radius 2 is 2.03 bits per heavy atom. The number of anilines is 1. The van der Waals surface area contributed by atoms with E-state index in [1.807, 2.05) is 10.6 Å². The van der Waals surface area contributed by atoms with E-state index in [9.17, 15) is 17.6 Å². The van der Waals surface area contributed by atoms with Crippen molar-refractivity contribution in [3.63, 3.8) is 0 Å². The maximum atomic E-state index is 13.9. The zero-order valence-corrected chi connectivity index (χ0v) is 16.1. The normalized spacial score (nSPS) is 16.5. The van der Waals surface area contributed by atoms with Crippen molar-refractivity contribution in [1.29, 1.82) is 0 Å². The highest BCUT2D eigenvalue weighted by Crippen LogP contribution is 2.34. The van der Waals surface area contributed by atoms with Crippen LogP contribution in [-0.4, -0.2) is 27.3 Å². The number of hydrogen-bond donors (Lipinski definition) is 4. The Balaban J connectivity index is 1.58. The molecular weight excluding hydrogens is 414 g/mol. The first-order chi connectivity index (χ1) is 14.8. The number of nitrogens with one attached hydrogen (secondary N) is 2. The lowest BCUT2D eigenvalue weighted by molar-refractivity contribution is -0.0961. The first-order valence-electron chi connectivity index (χ1n) is 9.32. The molecule has 0 radical (unpaired) electrons. The number of imidazole rings is 1.